The second kappa shape index (κ2) is 5.05. The molecule has 0 spiro atoms. The molecule has 3 rings (SSSR count). The van der Waals surface area contributed by atoms with Crippen LogP contribution in [0.2, 0.25) is 0 Å². The lowest BCUT2D eigenvalue weighted by molar-refractivity contribution is 0.424. The summed E-state index contributed by atoms with van der Waals surface area (Å²) in [6, 6.07) is 4.04. The van der Waals surface area contributed by atoms with E-state index in [-0.39, 0.29) is 16.9 Å². The zero-order valence-corrected chi connectivity index (χ0v) is 13.2. The molecule has 0 radical (unpaired) electrons. The molecule has 1 aliphatic carbocycles. The molecule has 3 atom stereocenters. The van der Waals surface area contributed by atoms with Crippen molar-refractivity contribution in [3.63, 3.8) is 0 Å². The highest BCUT2D eigenvalue weighted by molar-refractivity contribution is 9.10. The van der Waals surface area contributed by atoms with Gasteiger partial charge in [-0.15, -0.1) is 0 Å². The van der Waals surface area contributed by atoms with Crippen molar-refractivity contribution in [3.8, 4) is 0 Å². The third-order valence-corrected chi connectivity index (χ3v) is 6.73. The Morgan fingerprint density at radius 3 is 2.75 bits per heavy atom. The van der Waals surface area contributed by atoms with Crippen molar-refractivity contribution in [1.29, 1.82) is 0 Å². The first-order valence-electron chi connectivity index (χ1n) is 6.60. The van der Waals surface area contributed by atoms with Crippen LogP contribution in [0.5, 0.6) is 0 Å². The predicted molar refractivity (Wildman–Crippen MR) is 77.0 cm³/mol. The van der Waals surface area contributed by atoms with Gasteiger partial charge in [0.15, 0.2) is 0 Å². The quantitative estimate of drug-likeness (QED) is 0.874. The van der Waals surface area contributed by atoms with E-state index >= 15 is 0 Å². The first-order chi connectivity index (χ1) is 9.39. The Kier molecular flexibility index (Phi) is 3.64. The number of nitrogens with two attached hydrogens (primary N) is 1. The molecule has 2 fully saturated rings. The number of hydrogen-bond acceptors (Lipinski definition) is 3. The number of fused-ring (bicyclic) bond motifs is 1. The minimum absolute atomic E-state index is 0.0626. The van der Waals surface area contributed by atoms with Crippen molar-refractivity contribution >= 4 is 26.0 Å². The highest BCUT2D eigenvalue weighted by Gasteiger charge is 2.45. The number of hydrogen-bond donors (Lipinski definition) is 1. The lowest BCUT2D eigenvalue weighted by Gasteiger charge is -2.19. The molecule has 110 valence electrons. The number of nitrogens with zero attached hydrogens (tertiary/aromatic N) is 1. The highest BCUT2D eigenvalue weighted by Crippen LogP contribution is 2.39. The molecule has 20 heavy (non-hydrogen) atoms. The molecule has 2 aliphatic rings. The van der Waals surface area contributed by atoms with Crippen molar-refractivity contribution < 1.29 is 12.8 Å². The third-order valence-electron chi connectivity index (χ3n) is 4.39. The SMILES string of the molecule is NC1CCC2CN(S(=O)(=O)c3cc(Br)ccc3F)CC12. The Bertz CT molecular complexity index is 637. The minimum Gasteiger partial charge on any atom is -0.327 e. The van der Waals surface area contributed by atoms with E-state index in [1.807, 2.05) is 0 Å². The summed E-state index contributed by atoms with van der Waals surface area (Å²) in [5.41, 5.74) is 6.02. The second-order valence-electron chi connectivity index (χ2n) is 5.56. The molecule has 3 unspecified atom stereocenters. The van der Waals surface area contributed by atoms with E-state index in [4.69, 9.17) is 5.73 Å². The summed E-state index contributed by atoms with van der Waals surface area (Å²) >= 11 is 3.19. The maximum Gasteiger partial charge on any atom is 0.246 e. The van der Waals surface area contributed by atoms with Crippen LogP contribution in [-0.2, 0) is 10.0 Å². The van der Waals surface area contributed by atoms with Crippen molar-refractivity contribution in [3.05, 3.63) is 28.5 Å². The van der Waals surface area contributed by atoms with Gasteiger partial charge in [-0.1, -0.05) is 15.9 Å². The fourth-order valence-electron chi connectivity index (χ4n) is 3.28. The van der Waals surface area contributed by atoms with Gasteiger partial charge in [-0.2, -0.15) is 4.31 Å². The molecule has 1 aliphatic heterocycles. The van der Waals surface area contributed by atoms with Crippen LogP contribution < -0.4 is 5.73 Å². The van der Waals surface area contributed by atoms with Gasteiger partial charge in [-0.3, -0.25) is 0 Å². The fourth-order valence-corrected chi connectivity index (χ4v) is 5.41. The molecule has 1 aromatic carbocycles. The molecule has 1 saturated heterocycles. The Morgan fingerprint density at radius 2 is 2.05 bits per heavy atom. The van der Waals surface area contributed by atoms with Crippen molar-refractivity contribution in [2.75, 3.05) is 13.1 Å². The summed E-state index contributed by atoms with van der Waals surface area (Å²) in [5, 5.41) is 0. The average molecular weight is 363 g/mol. The third kappa shape index (κ3) is 2.30. The summed E-state index contributed by atoms with van der Waals surface area (Å²) in [7, 11) is -3.78. The van der Waals surface area contributed by atoms with Gasteiger partial charge < -0.3 is 5.73 Å². The topological polar surface area (TPSA) is 63.4 Å². The van der Waals surface area contributed by atoms with Crippen LogP contribution in [0.25, 0.3) is 0 Å². The van der Waals surface area contributed by atoms with Gasteiger partial charge in [-0.05, 0) is 42.9 Å². The Labute approximate surface area is 126 Å². The van der Waals surface area contributed by atoms with Crippen molar-refractivity contribution in [1.82, 2.24) is 4.31 Å². The molecule has 1 heterocycles. The molecule has 2 N–H and O–H groups in total. The minimum atomic E-state index is -3.78. The second-order valence-corrected chi connectivity index (χ2v) is 8.38. The smallest absolute Gasteiger partial charge is 0.246 e. The van der Waals surface area contributed by atoms with Gasteiger partial charge in [0.05, 0.1) is 0 Å². The van der Waals surface area contributed by atoms with E-state index in [9.17, 15) is 12.8 Å². The van der Waals surface area contributed by atoms with Gasteiger partial charge in [0.1, 0.15) is 10.7 Å². The van der Waals surface area contributed by atoms with Crippen LogP contribution >= 0.6 is 15.9 Å². The van der Waals surface area contributed by atoms with E-state index in [1.54, 1.807) is 0 Å². The summed E-state index contributed by atoms with van der Waals surface area (Å²) < 4.78 is 40.9. The standard InChI is InChI=1S/C13H16BrFN2O2S/c14-9-2-3-11(15)13(5-9)20(18,19)17-6-8-1-4-12(16)10(8)7-17/h2-3,5,8,10,12H,1,4,6-7,16H2. The zero-order chi connectivity index (χ0) is 14.5. The summed E-state index contributed by atoms with van der Waals surface area (Å²) in [6.07, 6.45) is 1.91. The Hall–Kier alpha value is -0.500. The van der Waals surface area contributed by atoms with Crippen LogP contribution in [0.1, 0.15) is 12.8 Å². The number of benzene rings is 1. The maximum absolute atomic E-state index is 13.8. The summed E-state index contributed by atoms with van der Waals surface area (Å²) in [6.45, 7) is 0.854. The molecular formula is C13H16BrFN2O2S. The van der Waals surface area contributed by atoms with E-state index in [1.165, 1.54) is 22.5 Å². The van der Waals surface area contributed by atoms with Crippen LogP contribution in [0.4, 0.5) is 4.39 Å². The Morgan fingerprint density at radius 1 is 1.30 bits per heavy atom. The van der Waals surface area contributed by atoms with Crippen LogP contribution in [0.3, 0.4) is 0 Å². The molecule has 0 bridgehead atoms. The normalized spacial score (nSPS) is 30.6. The largest absolute Gasteiger partial charge is 0.327 e. The number of rotatable bonds is 2. The van der Waals surface area contributed by atoms with Crippen molar-refractivity contribution in [2.24, 2.45) is 17.6 Å². The van der Waals surface area contributed by atoms with Gasteiger partial charge in [0.25, 0.3) is 0 Å². The van der Waals surface area contributed by atoms with Crippen LogP contribution in [0, 0.1) is 17.7 Å². The molecule has 1 aromatic rings. The first-order valence-corrected chi connectivity index (χ1v) is 8.83. The molecule has 4 nitrogen and oxygen atoms in total. The highest BCUT2D eigenvalue weighted by atomic mass is 79.9. The van der Waals surface area contributed by atoms with E-state index in [2.05, 4.69) is 15.9 Å². The molecular weight excluding hydrogens is 347 g/mol. The molecule has 1 saturated carbocycles. The van der Waals surface area contributed by atoms with E-state index < -0.39 is 15.8 Å². The van der Waals surface area contributed by atoms with Crippen LogP contribution in [0.15, 0.2) is 27.6 Å². The summed E-state index contributed by atoms with van der Waals surface area (Å²) in [5.74, 6) is -0.190. The van der Waals surface area contributed by atoms with Crippen LogP contribution in [-0.4, -0.2) is 31.9 Å². The van der Waals surface area contributed by atoms with Gasteiger partial charge in [0.2, 0.25) is 10.0 Å². The molecule has 0 aromatic heterocycles. The summed E-state index contributed by atoms with van der Waals surface area (Å²) in [4.78, 5) is -0.264. The zero-order valence-electron chi connectivity index (χ0n) is 10.8. The van der Waals surface area contributed by atoms with Gasteiger partial charge >= 0.3 is 0 Å². The molecule has 7 heteroatoms. The monoisotopic (exact) mass is 362 g/mol. The van der Waals surface area contributed by atoms with E-state index in [0.717, 1.165) is 12.8 Å². The average Bonchev–Trinajstić information content (AvgIpc) is 2.95. The lowest BCUT2D eigenvalue weighted by Crippen LogP contribution is -2.33. The predicted octanol–water partition coefficient (Wildman–Crippen LogP) is 1.95. The number of sulfonamides is 1. The van der Waals surface area contributed by atoms with Gasteiger partial charge in [0, 0.05) is 23.6 Å². The van der Waals surface area contributed by atoms with E-state index in [0.29, 0.717) is 23.5 Å². The Balaban J connectivity index is 1.92. The molecule has 0 amide bonds. The maximum atomic E-state index is 13.8. The lowest BCUT2D eigenvalue weighted by atomic mass is 9.98. The van der Waals surface area contributed by atoms with Crippen molar-refractivity contribution in [2.45, 2.75) is 23.8 Å². The number of halogens is 2. The fraction of sp³-hybridized carbons (Fsp3) is 0.538. The first kappa shape index (κ1) is 14.4. The van der Waals surface area contributed by atoms with Gasteiger partial charge in [-0.25, -0.2) is 12.8 Å².